The van der Waals surface area contributed by atoms with Crippen LogP contribution in [0.2, 0.25) is 0 Å². The van der Waals surface area contributed by atoms with Gasteiger partial charge in [-0.15, -0.1) is 11.3 Å². The molecule has 0 aliphatic carbocycles. The minimum atomic E-state index is -4.60. The third kappa shape index (κ3) is 2.96. The normalized spacial score (nSPS) is 13.6. The fraction of sp³-hybridized carbons (Fsp3) is 0.167. The summed E-state index contributed by atoms with van der Waals surface area (Å²) in [4.78, 5) is 17.6. The zero-order valence-electron chi connectivity index (χ0n) is 13.4. The number of hydrogen-bond donors (Lipinski definition) is 0. The third-order valence-corrected chi connectivity index (χ3v) is 5.13. The second-order valence-electron chi connectivity index (χ2n) is 5.82. The van der Waals surface area contributed by atoms with Crippen molar-refractivity contribution in [2.45, 2.75) is 13.1 Å². The van der Waals surface area contributed by atoms with Gasteiger partial charge in [-0.2, -0.15) is 13.2 Å². The molecule has 0 unspecified atom stereocenters. The van der Waals surface area contributed by atoms with Crippen LogP contribution in [0.15, 0.2) is 45.9 Å². The van der Waals surface area contributed by atoms with Crippen LogP contribution < -0.4 is 0 Å². The number of carbonyl (C=O) groups excluding carboxylic acids is 1. The Morgan fingerprint density at radius 1 is 1.15 bits per heavy atom. The van der Waals surface area contributed by atoms with Gasteiger partial charge >= 0.3 is 6.18 Å². The maximum atomic E-state index is 12.8. The van der Waals surface area contributed by atoms with E-state index in [1.807, 2.05) is 12.1 Å². The largest absolute Gasteiger partial charge is 0.452 e. The smallest absolute Gasteiger partial charge is 0.351 e. The van der Waals surface area contributed by atoms with E-state index in [1.165, 1.54) is 6.92 Å². The molecule has 4 nitrogen and oxygen atoms in total. The van der Waals surface area contributed by atoms with Crippen molar-refractivity contribution in [3.05, 3.63) is 63.7 Å². The lowest BCUT2D eigenvalue weighted by Gasteiger charge is -2.01. The van der Waals surface area contributed by atoms with E-state index >= 15 is 0 Å². The van der Waals surface area contributed by atoms with Crippen molar-refractivity contribution in [3.63, 3.8) is 0 Å². The highest BCUT2D eigenvalue weighted by molar-refractivity contribution is 7.17. The molecule has 1 aliphatic heterocycles. The van der Waals surface area contributed by atoms with E-state index in [0.29, 0.717) is 15.3 Å². The van der Waals surface area contributed by atoms with Gasteiger partial charge in [-0.25, -0.2) is 0 Å². The number of aliphatic imine (C=N–C) groups is 1. The Morgan fingerprint density at radius 2 is 1.85 bits per heavy atom. The molecule has 3 heterocycles. The minimum absolute atomic E-state index is 0.0899. The molecule has 0 atom stereocenters. The van der Waals surface area contributed by atoms with Crippen LogP contribution in [0.5, 0.6) is 0 Å². The molecule has 1 aliphatic rings. The molecule has 0 fully saturated rings. The lowest BCUT2D eigenvalue weighted by molar-refractivity contribution is -0.156. The first kappa shape index (κ1) is 16.7. The topological polar surface area (TPSA) is 55.5 Å². The van der Waals surface area contributed by atoms with Crippen molar-refractivity contribution < 1.29 is 22.5 Å². The molecule has 3 aromatic rings. The highest BCUT2D eigenvalue weighted by atomic mass is 32.1. The molecule has 26 heavy (non-hydrogen) atoms. The van der Waals surface area contributed by atoms with Gasteiger partial charge < -0.3 is 4.52 Å². The highest BCUT2D eigenvalue weighted by Gasteiger charge is 2.39. The van der Waals surface area contributed by atoms with Gasteiger partial charge in [-0.1, -0.05) is 29.4 Å². The van der Waals surface area contributed by atoms with E-state index in [9.17, 15) is 18.0 Å². The van der Waals surface area contributed by atoms with Crippen LogP contribution in [-0.2, 0) is 6.18 Å². The summed E-state index contributed by atoms with van der Waals surface area (Å²) in [5, 5.41) is 3.53. The van der Waals surface area contributed by atoms with Gasteiger partial charge in [0.15, 0.2) is 0 Å². The molecule has 0 N–H and O–H groups in total. The molecule has 2 aromatic heterocycles. The van der Waals surface area contributed by atoms with Crippen molar-refractivity contribution >= 4 is 22.8 Å². The lowest BCUT2D eigenvalue weighted by atomic mass is 10.1. The second-order valence-corrected chi connectivity index (χ2v) is 6.90. The van der Waals surface area contributed by atoms with Gasteiger partial charge in [-0.3, -0.25) is 9.79 Å². The van der Waals surface area contributed by atoms with E-state index in [2.05, 4.69) is 14.7 Å². The summed E-state index contributed by atoms with van der Waals surface area (Å²) in [6.07, 6.45) is -4.60. The first-order valence-electron chi connectivity index (χ1n) is 7.67. The summed E-state index contributed by atoms with van der Waals surface area (Å²) >= 11 is 1.09. The number of carbonyl (C=O) groups is 1. The first-order chi connectivity index (χ1) is 12.3. The van der Waals surface area contributed by atoms with Gasteiger partial charge in [0.1, 0.15) is 5.69 Å². The average Bonchev–Trinajstić information content (AvgIpc) is 3.20. The fourth-order valence-corrected chi connectivity index (χ4v) is 3.60. The van der Waals surface area contributed by atoms with E-state index in [0.717, 1.165) is 29.2 Å². The van der Waals surface area contributed by atoms with Gasteiger partial charge in [-0.05, 0) is 24.6 Å². The van der Waals surface area contributed by atoms with Gasteiger partial charge in [0.05, 0.1) is 22.0 Å². The van der Waals surface area contributed by atoms with Crippen LogP contribution in [0.3, 0.4) is 0 Å². The Hall–Kier alpha value is -2.74. The van der Waals surface area contributed by atoms with E-state index in [1.54, 1.807) is 24.3 Å². The van der Waals surface area contributed by atoms with Crippen LogP contribution >= 0.6 is 11.3 Å². The summed E-state index contributed by atoms with van der Waals surface area (Å²) in [6, 6.07) is 10.3. The Labute approximate surface area is 150 Å². The predicted molar refractivity (Wildman–Crippen MR) is 90.8 cm³/mol. The van der Waals surface area contributed by atoms with Crippen LogP contribution in [0, 0.1) is 6.92 Å². The summed E-state index contributed by atoms with van der Waals surface area (Å²) in [5.74, 6) is -1.31. The summed E-state index contributed by atoms with van der Waals surface area (Å²) in [7, 11) is 0. The van der Waals surface area contributed by atoms with Crippen molar-refractivity contribution in [1.29, 1.82) is 0 Å². The summed E-state index contributed by atoms with van der Waals surface area (Å²) in [6.45, 7) is 2.04. The van der Waals surface area contributed by atoms with Gasteiger partial charge in [0.2, 0.25) is 11.5 Å². The molecule has 4 rings (SSSR count). The second kappa shape index (κ2) is 5.91. The van der Waals surface area contributed by atoms with E-state index in [-0.39, 0.29) is 17.0 Å². The number of nitrogens with zero attached hydrogens (tertiary/aromatic N) is 2. The number of hydrogen-bond acceptors (Lipinski definition) is 5. The molecular weight excluding hydrogens is 365 g/mol. The fourth-order valence-electron chi connectivity index (χ4n) is 2.60. The maximum absolute atomic E-state index is 12.8. The molecule has 0 saturated carbocycles. The lowest BCUT2D eigenvalue weighted by Crippen LogP contribution is -2.04. The SMILES string of the molecule is Cc1c(-c2ccc(C(=O)c3ccc(C4=NC4)cc3)s2)noc1C(F)(F)F. The Morgan fingerprint density at radius 3 is 2.42 bits per heavy atom. The highest BCUT2D eigenvalue weighted by Crippen LogP contribution is 2.38. The van der Waals surface area contributed by atoms with Crippen LogP contribution in [0.4, 0.5) is 13.2 Å². The minimum Gasteiger partial charge on any atom is -0.351 e. The van der Waals surface area contributed by atoms with Crippen LogP contribution in [0.25, 0.3) is 10.6 Å². The Bertz CT molecular complexity index is 1030. The Kier molecular flexibility index (Phi) is 3.80. The zero-order valence-corrected chi connectivity index (χ0v) is 14.2. The monoisotopic (exact) mass is 376 g/mol. The van der Waals surface area contributed by atoms with Crippen molar-refractivity contribution in [3.8, 4) is 10.6 Å². The van der Waals surface area contributed by atoms with Crippen molar-refractivity contribution in [2.24, 2.45) is 4.99 Å². The third-order valence-electron chi connectivity index (χ3n) is 4.04. The number of rotatable bonds is 4. The van der Waals surface area contributed by atoms with Crippen molar-refractivity contribution in [1.82, 2.24) is 5.16 Å². The van der Waals surface area contributed by atoms with Crippen molar-refractivity contribution in [2.75, 3.05) is 6.54 Å². The van der Waals surface area contributed by atoms with Gasteiger partial charge in [0.25, 0.3) is 0 Å². The molecule has 132 valence electrons. The quantitative estimate of drug-likeness (QED) is 0.617. The van der Waals surface area contributed by atoms with Gasteiger partial charge in [0, 0.05) is 11.1 Å². The van der Waals surface area contributed by atoms with E-state index in [4.69, 9.17) is 0 Å². The Balaban J connectivity index is 1.60. The molecule has 0 radical (unpaired) electrons. The molecule has 0 spiro atoms. The van der Waals surface area contributed by atoms with Crippen LogP contribution in [0.1, 0.15) is 32.1 Å². The molecule has 0 saturated heterocycles. The van der Waals surface area contributed by atoms with Crippen LogP contribution in [-0.4, -0.2) is 23.2 Å². The molecule has 8 heteroatoms. The number of ketones is 1. The molecule has 0 bridgehead atoms. The molecular formula is C18H11F3N2O2S. The number of alkyl halides is 3. The summed E-state index contributed by atoms with van der Waals surface area (Å²) < 4.78 is 42.9. The standard InChI is InChI=1S/C18H11F3N2O2S/c1-9-15(23-25-17(9)18(19,20)21)13-6-7-14(26-13)16(24)11-4-2-10(3-5-11)12-8-22-12/h2-7H,8H2,1H3. The molecule has 0 amide bonds. The average molecular weight is 376 g/mol. The number of thiophene rings is 1. The van der Waals surface area contributed by atoms with E-state index < -0.39 is 11.9 Å². The predicted octanol–water partition coefficient (Wildman–Crippen LogP) is 4.76. The summed E-state index contributed by atoms with van der Waals surface area (Å²) in [5.41, 5.74) is 2.53. The zero-order chi connectivity index (χ0) is 18.5. The number of aromatic nitrogens is 1. The molecule has 1 aromatic carbocycles. The maximum Gasteiger partial charge on any atom is 0.452 e. The number of halogens is 3. The number of benzene rings is 1. The first-order valence-corrected chi connectivity index (χ1v) is 8.48.